The topological polar surface area (TPSA) is 57.5 Å². The molecule has 22 heavy (non-hydrogen) atoms. The molecule has 1 aliphatic carbocycles. The highest BCUT2D eigenvalue weighted by Gasteiger charge is 2.27. The molecule has 0 aliphatic heterocycles. The number of hydrogen-bond acceptors (Lipinski definition) is 4. The van der Waals surface area contributed by atoms with Crippen LogP contribution in [0.4, 0.5) is 0 Å². The molecule has 0 N–H and O–H groups in total. The molecule has 0 saturated heterocycles. The first kappa shape index (κ1) is 14.1. The Morgan fingerprint density at radius 1 is 0.955 bits per heavy atom. The second-order valence-electron chi connectivity index (χ2n) is 5.01. The molecule has 3 rings (SSSR count). The minimum Gasteiger partial charge on any atom is -0.493 e. The number of nitrogens with zero attached hydrogens (tertiary/aromatic N) is 1. The number of hydrogen-bond donors (Lipinski definition) is 0. The van der Waals surface area contributed by atoms with Crippen LogP contribution in [0.3, 0.4) is 0 Å². The summed E-state index contributed by atoms with van der Waals surface area (Å²) in [5.74, 6) is 0.855. The van der Waals surface area contributed by atoms with Gasteiger partial charge in [0.2, 0.25) is 0 Å². The Bertz CT molecular complexity index is 814. The number of allylic oxidation sites excluding steroid dienone is 2. The highest BCUT2D eigenvalue weighted by atomic mass is 16.5. The minimum atomic E-state index is -0.167. The third-order valence-corrected chi connectivity index (χ3v) is 3.74. The summed E-state index contributed by atoms with van der Waals surface area (Å²) < 4.78 is 12.3. The van der Waals surface area contributed by atoms with Gasteiger partial charge in [0.05, 0.1) is 31.0 Å². The SMILES string of the molecule is COc1ccc(-c2c3c(cn2C)C(=O)C=CC3=O)cc1OC. The Morgan fingerprint density at radius 3 is 2.32 bits per heavy atom. The van der Waals surface area contributed by atoms with E-state index in [1.807, 2.05) is 13.1 Å². The van der Waals surface area contributed by atoms with Gasteiger partial charge in [0, 0.05) is 18.8 Å². The Labute approximate surface area is 127 Å². The molecule has 1 aromatic carbocycles. The molecular formula is C17H15NO4. The first-order valence-corrected chi connectivity index (χ1v) is 6.75. The van der Waals surface area contributed by atoms with Crippen molar-refractivity contribution < 1.29 is 19.1 Å². The summed E-state index contributed by atoms with van der Waals surface area (Å²) in [5.41, 5.74) is 2.35. The fourth-order valence-corrected chi connectivity index (χ4v) is 2.72. The largest absolute Gasteiger partial charge is 0.493 e. The van der Waals surface area contributed by atoms with E-state index in [0.717, 1.165) is 5.56 Å². The van der Waals surface area contributed by atoms with Crippen LogP contribution in [0.25, 0.3) is 11.3 Å². The molecule has 0 bridgehead atoms. The van der Waals surface area contributed by atoms with Crippen LogP contribution in [-0.4, -0.2) is 30.4 Å². The van der Waals surface area contributed by atoms with Gasteiger partial charge in [-0.05, 0) is 30.4 Å². The zero-order valence-corrected chi connectivity index (χ0v) is 12.5. The molecule has 0 fully saturated rings. The zero-order valence-electron chi connectivity index (χ0n) is 12.5. The van der Waals surface area contributed by atoms with Crippen LogP contribution in [0.1, 0.15) is 20.7 Å². The normalized spacial score (nSPS) is 13.2. The lowest BCUT2D eigenvalue weighted by atomic mass is 9.94. The number of ketones is 2. The van der Waals surface area contributed by atoms with Gasteiger partial charge >= 0.3 is 0 Å². The molecule has 0 unspecified atom stereocenters. The number of aryl methyl sites for hydroxylation is 1. The maximum absolute atomic E-state index is 12.2. The van der Waals surface area contributed by atoms with Crippen LogP contribution in [-0.2, 0) is 7.05 Å². The number of carbonyl (C=O) groups excluding carboxylic acids is 2. The van der Waals surface area contributed by atoms with Gasteiger partial charge < -0.3 is 14.0 Å². The van der Waals surface area contributed by atoms with Crippen molar-refractivity contribution >= 4 is 11.6 Å². The number of ether oxygens (including phenoxy) is 2. The van der Waals surface area contributed by atoms with Crippen LogP contribution in [0, 0.1) is 0 Å². The van der Waals surface area contributed by atoms with Crippen LogP contribution < -0.4 is 9.47 Å². The minimum absolute atomic E-state index is 0.156. The fraction of sp³-hybridized carbons (Fsp3) is 0.176. The third-order valence-electron chi connectivity index (χ3n) is 3.74. The van der Waals surface area contributed by atoms with Crippen molar-refractivity contribution in [2.45, 2.75) is 0 Å². The lowest BCUT2D eigenvalue weighted by Gasteiger charge is -2.12. The number of rotatable bonds is 3. The molecule has 1 heterocycles. The highest BCUT2D eigenvalue weighted by Crippen LogP contribution is 2.36. The van der Waals surface area contributed by atoms with Crippen molar-refractivity contribution in [1.29, 1.82) is 0 Å². The van der Waals surface area contributed by atoms with E-state index in [4.69, 9.17) is 9.47 Å². The summed E-state index contributed by atoms with van der Waals surface area (Å²) in [6.07, 6.45) is 4.31. The van der Waals surface area contributed by atoms with Crippen molar-refractivity contribution in [3.8, 4) is 22.8 Å². The predicted octanol–water partition coefficient (Wildman–Crippen LogP) is 2.64. The van der Waals surface area contributed by atoms with Gasteiger partial charge in [0.15, 0.2) is 23.1 Å². The Kier molecular flexibility index (Phi) is 3.33. The molecule has 2 aromatic rings. The average Bonchev–Trinajstić information content (AvgIpc) is 2.88. The van der Waals surface area contributed by atoms with Crippen LogP contribution in [0.15, 0.2) is 36.5 Å². The smallest absolute Gasteiger partial charge is 0.188 e. The standard InChI is InChI=1S/C17H15NO4/c1-18-9-11-12(19)5-6-13(20)16(11)17(18)10-4-7-14(21-2)15(8-10)22-3/h4-9H,1-3H3. The van der Waals surface area contributed by atoms with E-state index < -0.39 is 0 Å². The van der Waals surface area contributed by atoms with Gasteiger partial charge in [-0.3, -0.25) is 9.59 Å². The monoisotopic (exact) mass is 297 g/mol. The maximum atomic E-state index is 12.2. The summed E-state index contributed by atoms with van der Waals surface area (Å²) in [7, 11) is 4.93. The fourth-order valence-electron chi connectivity index (χ4n) is 2.72. The number of aromatic nitrogens is 1. The van der Waals surface area contributed by atoms with E-state index in [1.54, 1.807) is 37.1 Å². The van der Waals surface area contributed by atoms with E-state index >= 15 is 0 Å². The predicted molar refractivity (Wildman–Crippen MR) is 81.8 cm³/mol. The van der Waals surface area contributed by atoms with Crippen molar-refractivity contribution in [1.82, 2.24) is 4.57 Å². The number of carbonyl (C=O) groups is 2. The van der Waals surface area contributed by atoms with Crippen molar-refractivity contribution in [3.05, 3.63) is 47.7 Å². The van der Waals surface area contributed by atoms with E-state index in [9.17, 15) is 9.59 Å². The van der Waals surface area contributed by atoms with Gasteiger partial charge in [-0.2, -0.15) is 0 Å². The highest BCUT2D eigenvalue weighted by molar-refractivity contribution is 6.24. The molecule has 0 atom stereocenters. The average molecular weight is 297 g/mol. The lowest BCUT2D eigenvalue weighted by molar-refractivity contribution is 0.0995. The maximum Gasteiger partial charge on any atom is 0.188 e. The Hall–Kier alpha value is -2.82. The summed E-state index contributed by atoms with van der Waals surface area (Å²) >= 11 is 0. The van der Waals surface area contributed by atoms with Crippen LogP contribution >= 0.6 is 0 Å². The third kappa shape index (κ3) is 2.02. The molecule has 0 amide bonds. The molecule has 0 radical (unpaired) electrons. The second-order valence-corrected chi connectivity index (χ2v) is 5.01. The Morgan fingerprint density at radius 2 is 1.64 bits per heavy atom. The van der Waals surface area contributed by atoms with Crippen molar-refractivity contribution in [3.63, 3.8) is 0 Å². The van der Waals surface area contributed by atoms with Gasteiger partial charge in [-0.25, -0.2) is 0 Å². The summed E-state index contributed by atoms with van der Waals surface area (Å²) in [4.78, 5) is 24.2. The summed E-state index contributed by atoms with van der Waals surface area (Å²) in [5, 5.41) is 0. The van der Waals surface area contributed by atoms with Gasteiger partial charge in [0.1, 0.15) is 0 Å². The lowest BCUT2D eigenvalue weighted by Crippen LogP contribution is -2.09. The van der Waals surface area contributed by atoms with Crippen LogP contribution in [0.2, 0.25) is 0 Å². The molecule has 5 heteroatoms. The molecule has 0 saturated carbocycles. The molecule has 5 nitrogen and oxygen atoms in total. The molecule has 112 valence electrons. The van der Waals surface area contributed by atoms with Gasteiger partial charge in [-0.15, -0.1) is 0 Å². The molecule has 0 spiro atoms. The quantitative estimate of drug-likeness (QED) is 0.874. The number of methoxy groups -OCH3 is 2. The first-order valence-electron chi connectivity index (χ1n) is 6.75. The van der Waals surface area contributed by atoms with E-state index in [-0.39, 0.29) is 11.6 Å². The molecule has 1 aliphatic rings. The molecule has 1 aromatic heterocycles. The second kappa shape index (κ2) is 5.18. The number of fused-ring (bicyclic) bond motifs is 1. The van der Waals surface area contributed by atoms with Crippen LogP contribution in [0.5, 0.6) is 11.5 Å². The zero-order chi connectivity index (χ0) is 15.9. The van der Waals surface area contributed by atoms with Crippen molar-refractivity contribution in [2.24, 2.45) is 7.05 Å². The van der Waals surface area contributed by atoms with Crippen molar-refractivity contribution in [2.75, 3.05) is 14.2 Å². The van der Waals surface area contributed by atoms with Gasteiger partial charge in [-0.1, -0.05) is 0 Å². The number of benzene rings is 1. The Balaban J connectivity index is 2.23. The summed E-state index contributed by atoms with van der Waals surface area (Å²) in [6.45, 7) is 0. The van der Waals surface area contributed by atoms with Gasteiger partial charge in [0.25, 0.3) is 0 Å². The molecular weight excluding hydrogens is 282 g/mol. The van der Waals surface area contributed by atoms with E-state index in [1.165, 1.54) is 12.2 Å². The first-order chi connectivity index (χ1) is 10.6. The van der Waals surface area contributed by atoms with E-state index in [0.29, 0.717) is 28.3 Å². The summed E-state index contributed by atoms with van der Waals surface area (Å²) in [6, 6.07) is 5.41. The van der Waals surface area contributed by atoms with E-state index in [2.05, 4.69) is 0 Å².